The Bertz CT molecular complexity index is 1240. The van der Waals surface area contributed by atoms with Gasteiger partial charge in [-0.15, -0.1) is 0 Å². The number of para-hydroxylation sites is 1. The molecule has 5 nitrogen and oxygen atoms in total. The number of carbonyl (C=O) groups is 1. The summed E-state index contributed by atoms with van der Waals surface area (Å²) >= 11 is 0. The minimum Gasteiger partial charge on any atom is -0.361 e. The highest BCUT2D eigenvalue weighted by atomic mass is 19.1. The third-order valence-corrected chi connectivity index (χ3v) is 5.99. The number of halogens is 2. The number of H-pyrrole nitrogens is 1. The predicted octanol–water partition coefficient (Wildman–Crippen LogP) is 5.04. The van der Waals surface area contributed by atoms with Gasteiger partial charge in [0.2, 0.25) is 0 Å². The second-order valence-electron chi connectivity index (χ2n) is 7.95. The van der Waals surface area contributed by atoms with Crippen molar-refractivity contribution in [1.29, 1.82) is 0 Å². The van der Waals surface area contributed by atoms with Gasteiger partial charge in [0.15, 0.2) is 5.69 Å². The van der Waals surface area contributed by atoms with Gasteiger partial charge < -0.3 is 14.4 Å². The number of aromatic amines is 1. The van der Waals surface area contributed by atoms with Crippen LogP contribution >= 0.6 is 0 Å². The molecule has 1 fully saturated rings. The van der Waals surface area contributed by atoms with Crippen molar-refractivity contribution in [2.24, 2.45) is 0 Å². The summed E-state index contributed by atoms with van der Waals surface area (Å²) in [6, 6.07) is 13.0. The molecule has 5 rings (SSSR count). The number of piperidine rings is 1. The Balaban J connectivity index is 1.24. The van der Waals surface area contributed by atoms with Gasteiger partial charge in [0.05, 0.1) is 0 Å². The van der Waals surface area contributed by atoms with Gasteiger partial charge in [-0.3, -0.25) is 4.79 Å². The number of hydrogen-bond acceptors (Lipinski definition) is 3. The van der Waals surface area contributed by atoms with E-state index in [2.05, 4.69) is 28.5 Å². The molecule has 0 radical (unpaired) electrons. The van der Waals surface area contributed by atoms with Crippen LogP contribution in [0.3, 0.4) is 0 Å². The molecule has 0 aliphatic carbocycles. The van der Waals surface area contributed by atoms with Crippen LogP contribution in [0.5, 0.6) is 0 Å². The molecule has 1 aliphatic rings. The normalized spacial score (nSPS) is 15.0. The fourth-order valence-electron chi connectivity index (χ4n) is 4.35. The molecule has 1 amide bonds. The fraction of sp³-hybridized carbons (Fsp3) is 0.250. The van der Waals surface area contributed by atoms with Gasteiger partial charge in [0, 0.05) is 42.7 Å². The molecule has 0 bridgehead atoms. The van der Waals surface area contributed by atoms with Crippen LogP contribution in [-0.4, -0.2) is 34.0 Å². The summed E-state index contributed by atoms with van der Waals surface area (Å²) in [5.41, 5.74) is 2.77. The number of likely N-dealkylation sites (tertiary alicyclic amines) is 1. The lowest BCUT2D eigenvalue weighted by atomic mass is 9.89. The molecule has 1 N–H and O–H groups in total. The molecule has 0 spiro atoms. The number of benzene rings is 2. The molecule has 1 saturated heterocycles. The molecule has 1 aliphatic heterocycles. The summed E-state index contributed by atoms with van der Waals surface area (Å²) in [4.78, 5) is 18.0. The molecule has 3 heterocycles. The molecule has 0 atom stereocenters. The van der Waals surface area contributed by atoms with Gasteiger partial charge in [-0.25, -0.2) is 8.78 Å². The second-order valence-corrected chi connectivity index (χ2v) is 7.95. The molecular weight excluding hydrogens is 400 g/mol. The fourth-order valence-corrected chi connectivity index (χ4v) is 4.35. The smallest absolute Gasteiger partial charge is 0.276 e. The molecule has 4 aromatic rings. The van der Waals surface area contributed by atoms with Crippen LogP contribution in [0.2, 0.25) is 0 Å². The first-order valence-corrected chi connectivity index (χ1v) is 10.3. The summed E-state index contributed by atoms with van der Waals surface area (Å²) in [6.45, 7) is 1.26. The van der Waals surface area contributed by atoms with Crippen molar-refractivity contribution in [3.05, 3.63) is 88.9 Å². The number of fused-ring (bicyclic) bond motifs is 1. The van der Waals surface area contributed by atoms with Crippen molar-refractivity contribution in [3.8, 4) is 0 Å². The molecule has 158 valence electrons. The van der Waals surface area contributed by atoms with Crippen LogP contribution in [0.4, 0.5) is 8.78 Å². The Morgan fingerprint density at radius 3 is 2.77 bits per heavy atom. The van der Waals surface area contributed by atoms with Crippen LogP contribution in [0.15, 0.2) is 59.3 Å². The average Bonchev–Trinajstić information content (AvgIpc) is 3.43. The van der Waals surface area contributed by atoms with Gasteiger partial charge >= 0.3 is 0 Å². The molecule has 7 heteroatoms. The van der Waals surface area contributed by atoms with Crippen molar-refractivity contribution in [2.45, 2.75) is 25.2 Å². The third kappa shape index (κ3) is 3.83. The topological polar surface area (TPSA) is 62.1 Å². The van der Waals surface area contributed by atoms with E-state index in [0.717, 1.165) is 36.6 Å². The maximum atomic E-state index is 13.9. The monoisotopic (exact) mass is 421 g/mol. The van der Waals surface area contributed by atoms with E-state index in [0.29, 0.717) is 24.8 Å². The number of carbonyl (C=O) groups excluding carboxylic acids is 1. The zero-order chi connectivity index (χ0) is 21.4. The molecule has 31 heavy (non-hydrogen) atoms. The predicted molar refractivity (Wildman–Crippen MR) is 112 cm³/mol. The number of hydrogen-bond donors (Lipinski definition) is 1. The average molecular weight is 421 g/mol. The largest absolute Gasteiger partial charge is 0.361 e. The van der Waals surface area contributed by atoms with Crippen LogP contribution in [0.1, 0.15) is 46.1 Å². The summed E-state index contributed by atoms with van der Waals surface area (Å²) < 4.78 is 32.4. The van der Waals surface area contributed by atoms with Crippen LogP contribution in [0, 0.1) is 11.6 Å². The Morgan fingerprint density at radius 2 is 1.94 bits per heavy atom. The van der Waals surface area contributed by atoms with Crippen molar-refractivity contribution in [2.75, 3.05) is 13.1 Å². The lowest BCUT2D eigenvalue weighted by Crippen LogP contribution is -2.38. The number of amides is 1. The number of nitrogens with zero attached hydrogens (tertiary/aromatic N) is 2. The van der Waals surface area contributed by atoms with Gasteiger partial charge in [-0.2, -0.15) is 0 Å². The zero-order valence-electron chi connectivity index (χ0n) is 16.8. The molecule has 2 aromatic carbocycles. The Morgan fingerprint density at radius 1 is 1.13 bits per heavy atom. The van der Waals surface area contributed by atoms with E-state index in [4.69, 9.17) is 4.52 Å². The quantitative estimate of drug-likeness (QED) is 0.502. The molecule has 2 aromatic heterocycles. The van der Waals surface area contributed by atoms with Gasteiger partial charge in [0.25, 0.3) is 5.91 Å². The Hall–Kier alpha value is -3.48. The van der Waals surface area contributed by atoms with Crippen molar-refractivity contribution >= 4 is 16.8 Å². The van der Waals surface area contributed by atoms with E-state index in [1.54, 1.807) is 4.90 Å². The minimum atomic E-state index is -0.523. The lowest BCUT2D eigenvalue weighted by Gasteiger charge is -2.31. The maximum absolute atomic E-state index is 13.9. The lowest BCUT2D eigenvalue weighted by molar-refractivity contribution is 0.0702. The Labute approximate surface area is 177 Å². The summed E-state index contributed by atoms with van der Waals surface area (Å²) in [6.07, 6.45) is 3.84. The number of rotatable bonds is 4. The highest BCUT2D eigenvalue weighted by Crippen LogP contribution is 2.33. The van der Waals surface area contributed by atoms with E-state index in [1.165, 1.54) is 17.0 Å². The van der Waals surface area contributed by atoms with E-state index in [-0.39, 0.29) is 23.6 Å². The van der Waals surface area contributed by atoms with Crippen molar-refractivity contribution in [1.82, 2.24) is 15.0 Å². The van der Waals surface area contributed by atoms with Gasteiger partial charge in [0.1, 0.15) is 17.4 Å². The van der Waals surface area contributed by atoms with Crippen molar-refractivity contribution < 1.29 is 18.1 Å². The summed E-state index contributed by atoms with van der Waals surface area (Å²) in [5.74, 6) is -0.534. The molecule has 0 unspecified atom stereocenters. The standard InChI is InChI=1S/C24H21F2N3O2/c25-17-5-6-21(26)16(11-17)12-18-13-23(28-31-18)24(30)29-9-7-15(8-10-29)20-14-27-22-4-2-1-3-19(20)22/h1-6,11,13-15,27H,7-10,12H2. The summed E-state index contributed by atoms with van der Waals surface area (Å²) in [7, 11) is 0. The van der Waals surface area contributed by atoms with E-state index in [9.17, 15) is 13.6 Å². The van der Waals surface area contributed by atoms with Crippen LogP contribution in [-0.2, 0) is 6.42 Å². The first kappa shape index (κ1) is 19.5. The van der Waals surface area contributed by atoms with E-state index >= 15 is 0 Å². The highest BCUT2D eigenvalue weighted by Gasteiger charge is 2.27. The van der Waals surface area contributed by atoms with E-state index in [1.807, 2.05) is 12.1 Å². The molecular formula is C24H21F2N3O2. The van der Waals surface area contributed by atoms with Crippen LogP contribution in [0.25, 0.3) is 10.9 Å². The van der Waals surface area contributed by atoms with Crippen LogP contribution < -0.4 is 0 Å². The highest BCUT2D eigenvalue weighted by molar-refractivity contribution is 5.92. The molecule has 0 saturated carbocycles. The number of aromatic nitrogens is 2. The second kappa shape index (κ2) is 7.98. The first-order chi connectivity index (χ1) is 15.1. The van der Waals surface area contributed by atoms with E-state index < -0.39 is 11.6 Å². The SMILES string of the molecule is O=C(c1cc(Cc2cc(F)ccc2F)on1)N1CCC(c2c[nH]c3ccccc23)CC1. The minimum absolute atomic E-state index is 0.0342. The summed E-state index contributed by atoms with van der Waals surface area (Å²) in [5, 5.41) is 5.10. The van der Waals surface area contributed by atoms with Gasteiger partial charge in [-0.05, 0) is 54.2 Å². The first-order valence-electron chi connectivity index (χ1n) is 10.3. The van der Waals surface area contributed by atoms with Gasteiger partial charge in [-0.1, -0.05) is 23.4 Å². The zero-order valence-corrected chi connectivity index (χ0v) is 16.8. The third-order valence-electron chi connectivity index (χ3n) is 5.99. The van der Waals surface area contributed by atoms with Crippen molar-refractivity contribution in [3.63, 3.8) is 0 Å². The number of nitrogens with one attached hydrogen (secondary N) is 1. The maximum Gasteiger partial charge on any atom is 0.276 e. The Kier molecular flexibility index (Phi) is 5.02.